The van der Waals surface area contributed by atoms with Crippen molar-refractivity contribution >= 4 is 33.4 Å². The van der Waals surface area contributed by atoms with Gasteiger partial charge in [0.2, 0.25) is 0 Å². The molecule has 2 rings (SSSR count). The zero-order chi connectivity index (χ0) is 16.1. The highest BCUT2D eigenvalue weighted by molar-refractivity contribution is 9.10. The molecule has 0 aliphatic carbocycles. The van der Waals surface area contributed by atoms with E-state index >= 15 is 0 Å². The predicted molar refractivity (Wildman–Crippen MR) is 85.8 cm³/mol. The molecule has 22 heavy (non-hydrogen) atoms. The molecule has 0 aliphatic heterocycles. The fraction of sp³-hybridized carbons (Fsp3) is 0.133. The van der Waals surface area contributed by atoms with Crippen LogP contribution >= 0.6 is 15.9 Å². The van der Waals surface area contributed by atoms with Crippen molar-refractivity contribution in [1.82, 2.24) is 0 Å². The SMILES string of the molecule is Cc1c(Br)cc([N+](=O)[O-])cc1NC(=O)OCc1ccccc1. The maximum atomic E-state index is 11.8. The average molecular weight is 365 g/mol. The fourth-order valence-corrected chi connectivity index (χ4v) is 2.22. The summed E-state index contributed by atoms with van der Waals surface area (Å²) in [5, 5.41) is 13.4. The summed E-state index contributed by atoms with van der Waals surface area (Å²) >= 11 is 3.23. The van der Waals surface area contributed by atoms with Crippen LogP contribution < -0.4 is 5.32 Å². The lowest BCUT2D eigenvalue weighted by atomic mass is 10.2. The molecule has 1 amide bonds. The van der Waals surface area contributed by atoms with Crippen molar-refractivity contribution in [3.63, 3.8) is 0 Å². The Morgan fingerprint density at radius 2 is 2.00 bits per heavy atom. The van der Waals surface area contributed by atoms with Crippen molar-refractivity contribution < 1.29 is 14.5 Å². The zero-order valence-electron chi connectivity index (χ0n) is 11.7. The summed E-state index contributed by atoms with van der Waals surface area (Å²) in [5.74, 6) is 0. The average Bonchev–Trinajstić information content (AvgIpc) is 2.50. The molecule has 0 atom stereocenters. The van der Waals surface area contributed by atoms with Crippen molar-refractivity contribution in [2.45, 2.75) is 13.5 Å². The number of carbonyl (C=O) groups is 1. The highest BCUT2D eigenvalue weighted by Gasteiger charge is 2.15. The molecule has 0 fully saturated rings. The Bertz CT molecular complexity index is 704. The molecule has 6 nitrogen and oxygen atoms in total. The number of rotatable bonds is 4. The molecule has 0 radical (unpaired) electrons. The van der Waals surface area contributed by atoms with Crippen molar-refractivity contribution in [3.05, 3.63) is 68.2 Å². The molecular formula is C15H13BrN2O4. The first-order valence-electron chi connectivity index (χ1n) is 6.39. The van der Waals surface area contributed by atoms with Crippen molar-refractivity contribution in [1.29, 1.82) is 0 Å². The van der Waals surface area contributed by atoms with Crippen LogP contribution in [0, 0.1) is 17.0 Å². The lowest BCUT2D eigenvalue weighted by Gasteiger charge is -2.10. The largest absolute Gasteiger partial charge is 0.444 e. The van der Waals surface area contributed by atoms with E-state index in [0.717, 1.165) is 5.56 Å². The van der Waals surface area contributed by atoms with Crippen LogP contribution in [-0.4, -0.2) is 11.0 Å². The Labute approximate surface area is 135 Å². The van der Waals surface area contributed by atoms with E-state index in [1.807, 2.05) is 30.3 Å². The number of non-ortho nitro benzene ring substituents is 1. The Kier molecular flexibility index (Phi) is 5.11. The minimum atomic E-state index is -0.667. The number of carbonyl (C=O) groups excluding carboxylic acids is 1. The monoisotopic (exact) mass is 364 g/mol. The summed E-state index contributed by atoms with van der Waals surface area (Å²) in [7, 11) is 0. The van der Waals surface area contributed by atoms with Gasteiger partial charge in [-0.3, -0.25) is 15.4 Å². The molecule has 0 heterocycles. The highest BCUT2D eigenvalue weighted by atomic mass is 79.9. The van der Waals surface area contributed by atoms with Gasteiger partial charge >= 0.3 is 6.09 Å². The maximum Gasteiger partial charge on any atom is 0.411 e. The number of nitrogens with one attached hydrogen (secondary N) is 1. The van der Waals surface area contributed by atoms with Gasteiger partial charge in [-0.15, -0.1) is 0 Å². The lowest BCUT2D eigenvalue weighted by Crippen LogP contribution is -2.14. The van der Waals surface area contributed by atoms with E-state index in [1.54, 1.807) is 6.92 Å². The molecule has 2 aromatic carbocycles. The van der Waals surface area contributed by atoms with Crippen molar-refractivity contribution in [2.24, 2.45) is 0 Å². The third-order valence-corrected chi connectivity index (χ3v) is 3.81. The van der Waals surface area contributed by atoms with Crippen LogP contribution in [0.15, 0.2) is 46.9 Å². The first-order valence-corrected chi connectivity index (χ1v) is 7.19. The van der Waals surface area contributed by atoms with Crippen LogP contribution in [0.4, 0.5) is 16.2 Å². The van der Waals surface area contributed by atoms with Gasteiger partial charge in [0.25, 0.3) is 5.69 Å². The molecule has 0 unspecified atom stereocenters. The van der Waals surface area contributed by atoms with E-state index in [0.29, 0.717) is 15.7 Å². The van der Waals surface area contributed by atoms with E-state index in [2.05, 4.69) is 21.2 Å². The number of hydrogen-bond acceptors (Lipinski definition) is 4. The van der Waals surface area contributed by atoms with Gasteiger partial charge in [-0.25, -0.2) is 4.79 Å². The lowest BCUT2D eigenvalue weighted by molar-refractivity contribution is -0.384. The topological polar surface area (TPSA) is 81.5 Å². The summed E-state index contributed by atoms with van der Waals surface area (Å²) in [4.78, 5) is 22.1. The van der Waals surface area contributed by atoms with Crippen LogP contribution in [0.3, 0.4) is 0 Å². The van der Waals surface area contributed by atoms with Crippen LogP contribution in [0.2, 0.25) is 0 Å². The van der Waals surface area contributed by atoms with E-state index in [1.165, 1.54) is 12.1 Å². The fourth-order valence-electron chi connectivity index (χ4n) is 1.77. The highest BCUT2D eigenvalue weighted by Crippen LogP contribution is 2.30. The molecule has 0 aromatic heterocycles. The van der Waals surface area contributed by atoms with Gasteiger partial charge in [0.05, 0.1) is 10.6 Å². The Balaban J connectivity index is 2.06. The number of hydrogen-bond donors (Lipinski definition) is 1. The van der Waals surface area contributed by atoms with Crippen LogP contribution in [0.1, 0.15) is 11.1 Å². The molecule has 114 valence electrons. The number of anilines is 1. The molecule has 0 aliphatic rings. The summed E-state index contributed by atoms with van der Waals surface area (Å²) in [6.45, 7) is 1.86. The number of benzene rings is 2. The minimum absolute atomic E-state index is 0.115. The van der Waals surface area contributed by atoms with Gasteiger partial charge in [0.1, 0.15) is 6.61 Å². The summed E-state index contributed by atoms with van der Waals surface area (Å²) in [6, 6.07) is 11.9. The molecule has 0 saturated carbocycles. The second-order valence-electron chi connectivity index (χ2n) is 4.54. The first-order chi connectivity index (χ1) is 10.5. The minimum Gasteiger partial charge on any atom is -0.444 e. The third kappa shape index (κ3) is 4.05. The van der Waals surface area contributed by atoms with Gasteiger partial charge in [-0.05, 0) is 18.1 Å². The summed E-state index contributed by atoms with van der Waals surface area (Å²) in [5.41, 5.74) is 1.76. The molecular weight excluding hydrogens is 352 g/mol. The third-order valence-electron chi connectivity index (χ3n) is 2.99. The normalized spacial score (nSPS) is 10.1. The number of halogens is 1. The molecule has 0 bridgehead atoms. The number of ether oxygens (including phenoxy) is 1. The first kappa shape index (κ1) is 16.0. The molecule has 1 N–H and O–H groups in total. The van der Waals surface area contributed by atoms with Crippen molar-refractivity contribution in [3.8, 4) is 0 Å². The van der Waals surface area contributed by atoms with Gasteiger partial charge in [0.15, 0.2) is 0 Å². The number of nitro benzene ring substituents is 1. The second-order valence-corrected chi connectivity index (χ2v) is 5.40. The summed E-state index contributed by atoms with van der Waals surface area (Å²) < 4.78 is 5.63. The maximum absolute atomic E-state index is 11.8. The van der Waals surface area contributed by atoms with Crippen LogP contribution in [0.25, 0.3) is 0 Å². The number of amides is 1. The standard InChI is InChI=1S/C15H13BrN2O4/c1-10-13(16)7-12(18(20)21)8-14(10)17-15(19)22-9-11-5-3-2-4-6-11/h2-8H,9H2,1H3,(H,17,19). The van der Waals surface area contributed by atoms with Gasteiger partial charge in [0, 0.05) is 16.6 Å². The van der Waals surface area contributed by atoms with Gasteiger partial charge < -0.3 is 4.74 Å². The zero-order valence-corrected chi connectivity index (χ0v) is 13.3. The Morgan fingerprint density at radius 3 is 2.64 bits per heavy atom. The van der Waals surface area contributed by atoms with Gasteiger partial charge in [-0.1, -0.05) is 46.3 Å². The number of nitro groups is 1. The predicted octanol–water partition coefficient (Wildman–Crippen LogP) is 4.41. The Morgan fingerprint density at radius 1 is 1.32 bits per heavy atom. The smallest absolute Gasteiger partial charge is 0.411 e. The van der Waals surface area contributed by atoms with E-state index < -0.39 is 11.0 Å². The molecule has 0 spiro atoms. The van der Waals surface area contributed by atoms with Crippen molar-refractivity contribution in [2.75, 3.05) is 5.32 Å². The molecule has 2 aromatic rings. The second kappa shape index (κ2) is 7.04. The van der Waals surface area contributed by atoms with Crippen LogP contribution in [-0.2, 0) is 11.3 Å². The van der Waals surface area contributed by atoms with Crippen LogP contribution in [0.5, 0.6) is 0 Å². The van der Waals surface area contributed by atoms with Gasteiger partial charge in [-0.2, -0.15) is 0 Å². The quantitative estimate of drug-likeness (QED) is 0.643. The van der Waals surface area contributed by atoms with E-state index in [9.17, 15) is 14.9 Å². The Hall–Kier alpha value is -2.41. The number of nitrogens with zero attached hydrogens (tertiary/aromatic N) is 1. The van der Waals surface area contributed by atoms with E-state index in [-0.39, 0.29) is 12.3 Å². The van der Waals surface area contributed by atoms with E-state index in [4.69, 9.17) is 4.74 Å². The summed E-state index contributed by atoms with van der Waals surface area (Å²) in [6.07, 6.45) is -0.667. The molecule has 0 saturated heterocycles. The molecule has 7 heteroatoms.